The second-order valence-electron chi connectivity index (χ2n) is 5.03. The fraction of sp³-hybridized carbons (Fsp3) is 0.235. The maximum atomic E-state index is 5.91. The molecule has 0 unspecified atom stereocenters. The van der Waals surface area contributed by atoms with Gasteiger partial charge in [0.15, 0.2) is 5.76 Å². The second kappa shape index (κ2) is 5.97. The molecule has 0 radical (unpaired) electrons. The summed E-state index contributed by atoms with van der Waals surface area (Å²) in [5.74, 6) is 1.58. The van der Waals surface area contributed by atoms with Crippen molar-refractivity contribution in [3.05, 3.63) is 59.5 Å². The summed E-state index contributed by atoms with van der Waals surface area (Å²) in [4.78, 5) is 0. The van der Waals surface area contributed by atoms with Gasteiger partial charge in [-0.1, -0.05) is 35.5 Å². The molecule has 0 aliphatic heterocycles. The summed E-state index contributed by atoms with van der Waals surface area (Å²) in [6.07, 6.45) is 0.784. The first-order valence-electron chi connectivity index (χ1n) is 7.03. The first-order chi connectivity index (χ1) is 10.3. The topological polar surface area (TPSA) is 61.3 Å². The Balaban J connectivity index is 1.91. The summed E-state index contributed by atoms with van der Waals surface area (Å²) < 4.78 is 11.1. The molecule has 108 valence electrons. The summed E-state index contributed by atoms with van der Waals surface area (Å²) in [7, 11) is 0. The fourth-order valence-corrected chi connectivity index (χ4v) is 2.49. The van der Waals surface area contributed by atoms with Crippen LogP contribution in [0.4, 0.5) is 0 Å². The molecular weight excluding hydrogens is 264 g/mol. The third-order valence-corrected chi connectivity index (χ3v) is 3.44. The minimum absolute atomic E-state index is 0.372. The largest absolute Gasteiger partial charge is 0.485 e. The third-order valence-electron chi connectivity index (χ3n) is 3.44. The van der Waals surface area contributed by atoms with Gasteiger partial charge in [-0.05, 0) is 36.7 Å². The molecule has 21 heavy (non-hydrogen) atoms. The molecule has 0 spiro atoms. The molecule has 4 heteroatoms. The minimum Gasteiger partial charge on any atom is -0.485 e. The number of aromatic nitrogens is 1. The molecule has 0 aliphatic rings. The number of ether oxygens (including phenoxy) is 1. The van der Waals surface area contributed by atoms with Gasteiger partial charge < -0.3 is 15.0 Å². The lowest BCUT2D eigenvalue weighted by Crippen LogP contribution is -2.06. The lowest BCUT2D eigenvalue weighted by molar-refractivity contribution is 0.247. The molecule has 0 saturated heterocycles. The average molecular weight is 282 g/mol. The molecule has 3 aromatic rings. The van der Waals surface area contributed by atoms with Crippen molar-refractivity contribution in [1.29, 1.82) is 0 Å². The predicted molar refractivity (Wildman–Crippen MR) is 82.3 cm³/mol. The number of benzene rings is 2. The van der Waals surface area contributed by atoms with E-state index in [1.807, 2.05) is 31.2 Å². The van der Waals surface area contributed by atoms with Gasteiger partial charge in [0, 0.05) is 11.6 Å². The Morgan fingerprint density at radius 1 is 1.19 bits per heavy atom. The van der Waals surface area contributed by atoms with Gasteiger partial charge in [-0.15, -0.1) is 0 Å². The number of aryl methyl sites for hydroxylation is 1. The van der Waals surface area contributed by atoms with Gasteiger partial charge in [-0.25, -0.2) is 0 Å². The van der Waals surface area contributed by atoms with E-state index in [2.05, 4.69) is 23.4 Å². The van der Waals surface area contributed by atoms with Gasteiger partial charge in [0.1, 0.15) is 12.4 Å². The Morgan fingerprint density at radius 3 is 2.81 bits per heavy atom. The maximum Gasteiger partial charge on any atom is 0.174 e. The average Bonchev–Trinajstić information content (AvgIpc) is 2.92. The van der Waals surface area contributed by atoms with Gasteiger partial charge in [0.25, 0.3) is 0 Å². The Morgan fingerprint density at radius 2 is 2.05 bits per heavy atom. The van der Waals surface area contributed by atoms with Crippen LogP contribution >= 0.6 is 0 Å². The maximum absolute atomic E-state index is 5.91. The first-order valence-corrected chi connectivity index (χ1v) is 7.03. The van der Waals surface area contributed by atoms with E-state index in [1.54, 1.807) is 0 Å². The van der Waals surface area contributed by atoms with Crippen molar-refractivity contribution in [1.82, 2.24) is 5.16 Å². The predicted octanol–water partition coefficient (Wildman–Crippen LogP) is 3.22. The Kier molecular flexibility index (Phi) is 3.88. The van der Waals surface area contributed by atoms with Crippen LogP contribution in [0.1, 0.15) is 17.0 Å². The van der Waals surface area contributed by atoms with E-state index in [4.69, 9.17) is 15.0 Å². The highest BCUT2D eigenvalue weighted by Gasteiger charge is 2.09. The van der Waals surface area contributed by atoms with Crippen molar-refractivity contribution < 1.29 is 9.26 Å². The van der Waals surface area contributed by atoms with Crippen LogP contribution in [0.15, 0.2) is 47.0 Å². The number of rotatable bonds is 5. The Hall–Kier alpha value is -2.33. The van der Waals surface area contributed by atoms with E-state index in [9.17, 15) is 0 Å². The van der Waals surface area contributed by atoms with E-state index in [1.165, 1.54) is 10.8 Å². The molecular formula is C17H18N2O2. The lowest BCUT2D eigenvalue weighted by atomic mass is 10.0. The van der Waals surface area contributed by atoms with E-state index in [-0.39, 0.29) is 0 Å². The fourth-order valence-electron chi connectivity index (χ4n) is 2.49. The SMILES string of the molecule is Cc1cc(COc2ccc3ccccc3c2CCN)on1. The van der Waals surface area contributed by atoms with Crippen LogP contribution in [0.5, 0.6) is 5.75 Å². The Labute approximate surface area is 123 Å². The summed E-state index contributed by atoms with van der Waals surface area (Å²) in [6.45, 7) is 2.85. The molecule has 4 nitrogen and oxygen atoms in total. The Bertz CT molecular complexity index is 749. The normalized spacial score (nSPS) is 11.0. The van der Waals surface area contributed by atoms with Crippen molar-refractivity contribution in [3.63, 3.8) is 0 Å². The molecule has 2 N–H and O–H groups in total. The quantitative estimate of drug-likeness (QED) is 0.780. The van der Waals surface area contributed by atoms with Crippen LogP contribution in [0.3, 0.4) is 0 Å². The van der Waals surface area contributed by atoms with Crippen LogP contribution in [0, 0.1) is 6.92 Å². The van der Waals surface area contributed by atoms with Crippen LogP contribution in [0.25, 0.3) is 10.8 Å². The van der Waals surface area contributed by atoms with E-state index < -0.39 is 0 Å². The molecule has 1 aromatic heterocycles. The number of nitrogens with zero attached hydrogens (tertiary/aromatic N) is 1. The van der Waals surface area contributed by atoms with Crippen LogP contribution in [-0.4, -0.2) is 11.7 Å². The van der Waals surface area contributed by atoms with Gasteiger partial charge in [-0.3, -0.25) is 0 Å². The minimum atomic E-state index is 0.372. The highest BCUT2D eigenvalue weighted by Crippen LogP contribution is 2.29. The zero-order valence-corrected chi connectivity index (χ0v) is 12.0. The lowest BCUT2D eigenvalue weighted by Gasteiger charge is -2.13. The van der Waals surface area contributed by atoms with Crippen LogP contribution in [0.2, 0.25) is 0 Å². The molecule has 1 heterocycles. The van der Waals surface area contributed by atoms with Crippen molar-refractivity contribution in [2.24, 2.45) is 5.73 Å². The molecule has 0 saturated carbocycles. The van der Waals surface area contributed by atoms with Gasteiger partial charge in [0.2, 0.25) is 0 Å². The van der Waals surface area contributed by atoms with Crippen LogP contribution < -0.4 is 10.5 Å². The molecule has 0 amide bonds. The number of nitrogens with two attached hydrogens (primary N) is 1. The van der Waals surface area contributed by atoms with Crippen molar-refractivity contribution in [2.45, 2.75) is 20.0 Å². The van der Waals surface area contributed by atoms with E-state index in [0.717, 1.165) is 29.2 Å². The molecule has 2 aromatic carbocycles. The molecule has 0 aliphatic carbocycles. The molecule has 3 rings (SSSR count). The van der Waals surface area contributed by atoms with Gasteiger partial charge >= 0.3 is 0 Å². The van der Waals surface area contributed by atoms with Crippen LogP contribution in [-0.2, 0) is 13.0 Å². The molecule has 0 bridgehead atoms. The zero-order chi connectivity index (χ0) is 14.7. The van der Waals surface area contributed by atoms with Crippen molar-refractivity contribution in [3.8, 4) is 5.75 Å². The first kappa shape index (κ1) is 13.6. The highest BCUT2D eigenvalue weighted by atomic mass is 16.5. The summed E-state index contributed by atoms with van der Waals surface area (Å²) >= 11 is 0. The zero-order valence-electron chi connectivity index (χ0n) is 12.0. The monoisotopic (exact) mass is 282 g/mol. The van der Waals surface area contributed by atoms with E-state index >= 15 is 0 Å². The van der Waals surface area contributed by atoms with Gasteiger partial charge in [0.05, 0.1) is 5.69 Å². The van der Waals surface area contributed by atoms with E-state index in [0.29, 0.717) is 13.2 Å². The third kappa shape index (κ3) is 2.90. The second-order valence-corrected chi connectivity index (χ2v) is 5.03. The summed E-state index contributed by atoms with van der Waals surface area (Å²) in [5.41, 5.74) is 7.75. The van der Waals surface area contributed by atoms with Gasteiger partial charge in [-0.2, -0.15) is 0 Å². The number of fused-ring (bicyclic) bond motifs is 1. The molecule has 0 atom stereocenters. The smallest absolute Gasteiger partial charge is 0.174 e. The number of hydrogen-bond donors (Lipinski definition) is 1. The summed E-state index contributed by atoms with van der Waals surface area (Å²) in [6, 6.07) is 14.2. The molecule has 0 fully saturated rings. The van der Waals surface area contributed by atoms with Crippen molar-refractivity contribution >= 4 is 10.8 Å². The van der Waals surface area contributed by atoms with Crippen molar-refractivity contribution in [2.75, 3.05) is 6.54 Å². The number of hydrogen-bond acceptors (Lipinski definition) is 4. The summed E-state index contributed by atoms with van der Waals surface area (Å²) in [5, 5.41) is 6.25. The standard InChI is InChI=1S/C17H18N2O2/c1-12-10-14(21-19-12)11-20-17-7-6-13-4-2-3-5-15(13)16(17)8-9-18/h2-7,10H,8-9,11,18H2,1H3. The highest BCUT2D eigenvalue weighted by molar-refractivity contribution is 5.87.